The van der Waals surface area contributed by atoms with E-state index in [2.05, 4.69) is 9.97 Å². The number of rotatable bonds is 0. The van der Waals surface area contributed by atoms with Gasteiger partial charge in [0.25, 0.3) is 0 Å². The standard InChI is InChI=1S/C9H8F3N3/c1-5-8-6(13-4-15(8)2)3-7(14-5)9(10,11)12/h3-4H,1-2H3. The van der Waals surface area contributed by atoms with Crippen LogP contribution in [0.1, 0.15) is 11.4 Å². The first-order valence-electron chi connectivity index (χ1n) is 4.25. The van der Waals surface area contributed by atoms with E-state index in [1.807, 2.05) is 0 Å². The molecular formula is C9H8F3N3. The molecule has 6 heteroatoms. The van der Waals surface area contributed by atoms with Gasteiger partial charge in [-0.15, -0.1) is 0 Å². The fraction of sp³-hybridized carbons (Fsp3) is 0.333. The van der Waals surface area contributed by atoms with Crippen LogP contribution in [-0.4, -0.2) is 14.5 Å². The molecule has 0 unspecified atom stereocenters. The van der Waals surface area contributed by atoms with Crippen LogP contribution in [0.25, 0.3) is 11.0 Å². The van der Waals surface area contributed by atoms with E-state index in [1.54, 1.807) is 18.5 Å². The highest BCUT2D eigenvalue weighted by Crippen LogP contribution is 2.30. The van der Waals surface area contributed by atoms with Gasteiger partial charge in [0.1, 0.15) is 5.69 Å². The fourth-order valence-corrected chi connectivity index (χ4v) is 1.54. The molecule has 3 nitrogen and oxygen atoms in total. The van der Waals surface area contributed by atoms with Crippen molar-refractivity contribution in [2.45, 2.75) is 13.1 Å². The van der Waals surface area contributed by atoms with Gasteiger partial charge in [-0.1, -0.05) is 0 Å². The van der Waals surface area contributed by atoms with E-state index in [0.29, 0.717) is 16.7 Å². The second kappa shape index (κ2) is 2.95. The molecular weight excluding hydrogens is 207 g/mol. The molecule has 2 heterocycles. The van der Waals surface area contributed by atoms with Crippen LogP contribution >= 0.6 is 0 Å². The molecule has 2 aromatic rings. The number of fused-ring (bicyclic) bond motifs is 1. The largest absolute Gasteiger partial charge is 0.433 e. The zero-order valence-electron chi connectivity index (χ0n) is 8.13. The molecule has 80 valence electrons. The van der Waals surface area contributed by atoms with Crippen molar-refractivity contribution < 1.29 is 13.2 Å². The third-order valence-corrected chi connectivity index (χ3v) is 2.16. The molecule has 0 saturated heterocycles. The maximum absolute atomic E-state index is 12.4. The molecule has 0 aliphatic rings. The van der Waals surface area contributed by atoms with Crippen LogP contribution in [0.3, 0.4) is 0 Å². The Labute approximate surface area is 83.6 Å². The Morgan fingerprint density at radius 3 is 2.60 bits per heavy atom. The number of pyridine rings is 1. The Morgan fingerprint density at radius 2 is 2.00 bits per heavy atom. The number of hydrogen-bond acceptors (Lipinski definition) is 2. The van der Waals surface area contributed by atoms with Gasteiger partial charge in [-0.05, 0) is 13.0 Å². The van der Waals surface area contributed by atoms with Gasteiger partial charge >= 0.3 is 6.18 Å². The van der Waals surface area contributed by atoms with Crippen molar-refractivity contribution in [2.75, 3.05) is 0 Å². The maximum atomic E-state index is 12.4. The van der Waals surface area contributed by atoms with Gasteiger partial charge in [0.05, 0.1) is 23.1 Å². The van der Waals surface area contributed by atoms with Gasteiger partial charge in [0.2, 0.25) is 0 Å². The third kappa shape index (κ3) is 1.55. The summed E-state index contributed by atoms with van der Waals surface area (Å²) in [5, 5.41) is 0. The third-order valence-electron chi connectivity index (χ3n) is 2.16. The first kappa shape index (κ1) is 9.95. The normalized spacial score (nSPS) is 12.3. The molecule has 0 aliphatic carbocycles. The number of halogens is 3. The van der Waals surface area contributed by atoms with Gasteiger partial charge in [-0.25, -0.2) is 9.97 Å². The van der Waals surface area contributed by atoms with Crippen LogP contribution in [0.5, 0.6) is 0 Å². The van der Waals surface area contributed by atoms with E-state index in [9.17, 15) is 13.2 Å². The van der Waals surface area contributed by atoms with E-state index < -0.39 is 11.9 Å². The Kier molecular flexibility index (Phi) is 1.95. The summed E-state index contributed by atoms with van der Waals surface area (Å²) in [6, 6.07) is 0.961. The molecule has 2 rings (SSSR count). The summed E-state index contributed by atoms with van der Waals surface area (Å²) in [5.74, 6) is 0. The zero-order chi connectivity index (χ0) is 11.2. The van der Waals surface area contributed by atoms with Crippen LogP contribution in [-0.2, 0) is 13.2 Å². The Hall–Kier alpha value is -1.59. The lowest BCUT2D eigenvalue weighted by Gasteiger charge is -2.07. The second-order valence-corrected chi connectivity index (χ2v) is 3.31. The number of nitrogens with zero attached hydrogens (tertiary/aromatic N) is 3. The fourth-order valence-electron chi connectivity index (χ4n) is 1.54. The summed E-state index contributed by atoms with van der Waals surface area (Å²) < 4.78 is 38.9. The summed E-state index contributed by atoms with van der Waals surface area (Å²) in [5.41, 5.74) is 0.381. The monoisotopic (exact) mass is 215 g/mol. The lowest BCUT2D eigenvalue weighted by molar-refractivity contribution is -0.141. The van der Waals surface area contributed by atoms with Crippen molar-refractivity contribution in [1.82, 2.24) is 14.5 Å². The minimum Gasteiger partial charge on any atom is -0.332 e. The van der Waals surface area contributed by atoms with Gasteiger partial charge in [0, 0.05) is 7.05 Å². The smallest absolute Gasteiger partial charge is 0.332 e. The summed E-state index contributed by atoms with van der Waals surface area (Å²) in [6.07, 6.45) is -2.95. The van der Waals surface area contributed by atoms with E-state index in [4.69, 9.17) is 0 Å². The average molecular weight is 215 g/mol. The highest BCUT2D eigenvalue weighted by atomic mass is 19.4. The van der Waals surface area contributed by atoms with Crippen molar-refractivity contribution >= 4 is 11.0 Å². The first-order chi connectivity index (χ1) is 6.89. The summed E-state index contributed by atoms with van der Waals surface area (Å²) in [4.78, 5) is 7.40. The van der Waals surface area contributed by atoms with Crippen molar-refractivity contribution in [2.24, 2.45) is 7.05 Å². The van der Waals surface area contributed by atoms with Gasteiger partial charge in [-0.3, -0.25) is 0 Å². The predicted octanol–water partition coefficient (Wildman–Crippen LogP) is 2.30. The highest BCUT2D eigenvalue weighted by molar-refractivity contribution is 5.77. The topological polar surface area (TPSA) is 30.7 Å². The Bertz CT molecular complexity index is 513. The molecule has 0 aliphatic heterocycles. The van der Waals surface area contributed by atoms with Crippen molar-refractivity contribution in [3.63, 3.8) is 0 Å². The number of alkyl halides is 3. The second-order valence-electron chi connectivity index (χ2n) is 3.31. The average Bonchev–Trinajstić information content (AvgIpc) is 2.46. The van der Waals surface area contributed by atoms with E-state index >= 15 is 0 Å². The molecule has 0 N–H and O–H groups in total. The molecule has 0 amide bonds. The molecule has 0 saturated carbocycles. The quantitative estimate of drug-likeness (QED) is 0.675. The summed E-state index contributed by atoms with van der Waals surface area (Å²) >= 11 is 0. The first-order valence-corrected chi connectivity index (χ1v) is 4.25. The molecule has 0 bridgehead atoms. The van der Waals surface area contributed by atoms with Crippen LogP contribution < -0.4 is 0 Å². The number of aromatic nitrogens is 3. The van der Waals surface area contributed by atoms with Gasteiger partial charge in [-0.2, -0.15) is 13.2 Å². The van der Waals surface area contributed by atoms with Crippen molar-refractivity contribution in [3.8, 4) is 0 Å². The Balaban J connectivity index is 2.74. The Morgan fingerprint density at radius 1 is 1.33 bits per heavy atom. The molecule has 0 fully saturated rings. The number of aryl methyl sites for hydroxylation is 2. The number of hydrogen-bond donors (Lipinski definition) is 0. The van der Waals surface area contributed by atoms with Crippen LogP contribution in [0.2, 0.25) is 0 Å². The lowest BCUT2D eigenvalue weighted by Crippen LogP contribution is -2.09. The van der Waals surface area contributed by atoms with E-state index in [0.717, 1.165) is 6.07 Å². The molecule has 0 spiro atoms. The summed E-state index contributed by atoms with van der Waals surface area (Å²) in [6.45, 7) is 1.54. The van der Waals surface area contributed by atoms with Crippen LogP contribution in [0.15, 0.2) is 12.4 Å². The molecule has 2 aromatic heterocycles. The molecule has 0 atom stereocenters. The van der Waals surface area contributed by atoms with Crippen molar-refractivity contribution in [1.29, 1.82) is 0 Å². The lowest BCUT2D eigenvalue weighted by atomic mass is 10.2. The van der Waals surface area contributed by atoms with Crippen LogP contribution in [0, 0.1) is 6.92 Å². The molecule has 0 radical (unpaired) electrons. The number of imidazole rings is 1. The van der Waals surface area contributed by atoms with Crippen LogP contribution in [0.4, 0.5) is 13.2 Å². The van der Waals surface area contributed by atoms with E-state index in [-0.39, 0.29) is 0 Å². The maximum Gasteiger partial charge on any atom is 0.433 e. The SMILES string of the molecule is Cc1nc(C(F)(F)F)cc2ncn(C)c12. The summed E-state index contributed by atoms with van der Waals surface area (Å²) in [7, 11) is 1.72. The zero-order valence-corrected chi connectivity index (χ0v) is 8.13. The molecule has 0 aromatic carbocycles. The minimum atomic E-state index is -4.42. The molecule has 15 heavy (non-hydrogen) atoms. The highest BCUT2D eigenvalue weighted by Gasteiger charge is 2.33. The van der Waals surface area contributed by atoms with Crippen molar-refractivity contribution in [3.05, 3.63) is 23.8 Å². The minimum absolute atomic E-state index is 0.317. The van der Waals surface area contributed by atoms with Gasteiger partial charge < -0.3 is 4.57 Å². The predicted molar refractivity (Wildman–Crippen MR) is 48.2 cm³/mol. The van der Waals surface area contributed by atoms with E-state index in [1.165, 1.54) is 6.33 Å². The van der Waals surface area contributed by atoms with Gasteiger partial charge in [0.15, 0.2) is 0 Å².